The van der Waals surface area contributed by atoms with Gasteiger partial charge < -0.3 is 4.74 Å². The molecule has 0 radical (unpaired) electrons. The van der Waals surface area contributed by atoms with Crippen LogP contribution in [0.5, 0.6) is 5.75 Å². The Balaban J connectivity index is 2.03. The molecule has 0 bridgehead atoms. The Morgan fingerprint density at radius 3 is 2.67 bits per heavy atom. The monoisotopic (exact) mass is 262 g/mol. The van der Waals surface area contributed by atoms with Gasteiger partial charge in [-0.3, -0.25) is 0 Å². The minimum absolute atomic E-state index is 0.726. The Bertz CT molecular complexity index is 507. The topological polar surface area (TPSA) is 9.23 Å². The predicted molar refractivity (Wildman–Crippen MR) is 78.6 cm³/mol. The van der Waals surface area contributed by atoms with Crippen LogP contribution in [0, 0.1) is 0 Å². The zero-order valence-corrected chi connectivity index (χ0v) is 11.5. The third-order valence-corrected chi connectivity index (χ3v) is 3.47. The molecule has 0 unspecified atom stereocenters. The van der Waals surface area contributed by atoms with Gasteiger partial charge in [-0.2, -0.15) is 0 Å². The summed E-state index contributed by atoms with van der Waals surface area (Å²) < 4.78 is 5.76. The molecule has 0 fully saturated rings. The Morgan fingerprint density at radius 1 is 1.00 bits per heavy atom. The van der Waals surface area contributed by atoms with Gasteiger partial charge >= 0.3 is 0 Å². The lowest BCUT2D eigenvalue weighted by atomic mass is 10.1. The van der Waals surface area contributed by atoms with Crippen molar-refractivity contribution in [3.63, 3.8) is 0 Å². The highest BCUT2D eigenvalue weighted by molar-refractivity contribution is 6.37. The summed E-state index contributed by atoms with van der Waals surface area (Å²) in [6.45, 7) is 2.96. The third kappa shape index (κ3) is 3.17. The quantitative estimate of drug-likeness (QED) is 0.629. The largest absolute Gasteiger partial charge is 0.492 e. The number of halogens is 1. The summed E-state index contributed by atoms with van der Waals surface area (Å²) >= 11 is 6.36. The summed E-state index contributed by atoms with van der Waals surface area (Å²) in [5.74, 6) is 0.798. The lowest BCUT2D eigenvalue weighted by molar-refractivity contribution is 0.305. The van der Waals surface area contributed by atoms with Gasteiger partial charge in [-0.05, 0) is 17.9 Å². The fraction of sp³-hybridized carbons (Fsp3) is 0.375. The fourth-order valence-electron chi connectivity index (χ4n) is 2.04. The number of hydrogen-bond acceptors (Lipinski definition) is 1. The lowest BCUT2D eigenvalue weighted by Gasteiger charge is -2.09. The lowest BCUT2D eigenvalue weighted by Crippen LogP contribution is -1.97. The number of rotatable bonds is 6. The average Bonchev–Trinajstić information content (AvgIpc) is 2.41. The normalized spacial score (nSPS) is 10.8. The van der Waals surface area contributed by atoms with Gasteiger partial charge in [0.2, 0.25) is 0 Å². The number of unbranched alkanes of at least 4 members (excludes halogenated alkanes) is 3. The van der Waals surface area contributed by atoms with Gasteiger partial charge in [0.15, 0.2) is 0 Å². The second kappa shape index (κ2) is 6.65. The molecule has 0 heterocycles. The summed E-state index contributed by atoms with van der Waals surface area (Å²) in [7, 11) is 0. The predicted octanol–water partition coefficient (Wildman–Crippen LogP) is 5.45. The molecule has 18 heavy (non-hydrogen) atoms. The maximum atomic E-state index is 6.36. The molecule has 0 aliphatic carbocycles. The van der Waals surface area contributed by atoms with Crippen molar-refractivity contribution in [3.05, 3.63) is 41.4 Å². The Hall–Kier alpha value is -1.21. The third-order valence-electron chi connectivity index (χ3n) is 3.08. The Labute approximate surface area is 114 Å². The van der Waals surface area contributed by atoms with E-state index in [1.165, 1.54) is 19.3 Å². The first-order valence-corrected chi connectivity index (χ1v) is 7.00. The number of hydrogen-bond donors (Lipinski definition) is 0. The summed E-state index contributed by atoms with van der Waals surface area (Å²) in [6, 6.07) is 12.1. The van der Waals surface area contributed by atoms with E-state index in [1.54, 1.807) is 0 Å². The summed E-state index contributed by atoms with van der Waals surface area (Å²) in [6.07, 6.45) is 4.84. The minimum Gasteiger partial charge on any atom is -0.492 e. The first-order chi connectivity index (χ1) is 8.83. The van der Waals surface area contributed by atoms with Crippen molar-refractivity contribution in [2.75, 3.05) is 6.61 Å². The highest BCUT2D eigenvalue weighted by Gasteiger charge is 2.05. The van der Waals surface area contributed by atoms with Gasteiger partial charge in [-0.1, -0.05) is 68.1 Å². The van der Waals surface area contributed by atoms with E-state index in [0.29, 0.717) is 0 Å². The van der Waals surface area contributed by atoms with Crippen molar-refractivity contribution < 1.29 is 4.74 Å². The maximum absolute atomic E-state index is 6.36. The first-order valence-electron chi connectivity index (χ1n) is 6.63. The van der Waals surface area contributed by atoms with Gasteiger partial charge in [0, 0.05) is 5.39 Å². The average molecular weight is 263 g/mol. The molecular formula is C16H19ClO. The zero-order valence-electron chi connectivity index (χ0n) is 10.8. The van der Waals surface area contributed by atoms with Crippen molar-refractivity contribution in [2.24, 2.45) is 0 Å². The van der Waals surface area contributed by atoms with Gasteiger partial charge in [0.05, 0.1) is 11.6 Å². The molecule has 2 heteroatoms. The van der Waals surface area contributed by atoms with E-state index >= 15 is 0 Å². The van der Waals surface area contributed by atoms with E-state index in [1.807, 2.05) is 24.3 Å². The molecule has 0 saturated heterocycles. The van der Waals surface area contributed by atoms with Crippen molar-refractivity contribution in [1.82, 2.24) is 0 Å². The Kier molecular flexibility index (Phi) is 4.89. The van der Waals surface area contributed by atoms with Crippen molar-refractivity contribution in [3.8, 4) is 5.75 Å². The number of fused-ring (bicyclic) bond motifs is 1. The molecule has 0 aliphatic rings. The van der Waals surface area contributed by atoms with E-state index < -0.39 is 0 Å². The molecule has 2 aromatic rings. The molecule has 1 nitrogen and oxygen atoms in total. The molecule has 2 rings (SSSR count). The standard InChI is InChI=1S/C16H19ClO/c1-2-3-4-7-12-18-15-11-10-13-8-5-6-9-14(13)16(15)17/h5-6,8-11H,2-4,7,12H2,1H3. The molecule has 0 saturated carbocycles. The highest BCUT2D eigenvalue weighted by Crippen LogP contribution is 2.32. The van der Waals surface area contributed by atoms with Crippen LogP contribution in [0.2, 0.25) is 5.02 Å². The van der Waals surface area contributed by atoms with Crippen LogP contribution < -0.4 is 4.74 Å². The molecule has 96 valence electrons. The molecule has 0 spiro atoms. The number of ether oxygens (including phenoxy) is 1. The first kappa shape index (κ1) is 13.2. The van der Waals surface area contributed by atoms with Crippen LogP contribution >= 0.6 is 11.6 Å². The fourth-order valence-corrected chi connectivity index (χ4v) is 2.33. The molecular weight excluding hydrogens is 244 g/mol. The van der Waals surface area contributed by atoms with Crippen LogP contribution in [0.3, 0.4) is 0 Å². The van der Waals surface area contributed by atoms with E-state index in [9.17, 15) is 0 Å². The molecule has 0 amide bonds. The SMILES string of the molecule is CCCCCCOc1ccc2ccccc2c1Cl. The number of benzene rings is 2. The summed E-state index contributed by atoms with van der Waals surface area (Å²) in [5.41, 5.74) is 0. The van der Waals surface area contributed by atoms with Crippen LogP contribution in [0.15, 0.2) is 36.4 Å². The maximum Gasteiger partial charge on any atom is 0.138 e. The van der Waals surface area contributed by atoms with Gasteiger partial charge in [-0.15, -0.1) is 0 Å². The van der Waals surface area contributed by atoms with Crippen molar-refractivity contribution in [1.29, 1.82) is 0 Å². The van der Waals surface area contributed by atoms with Gasteiger partial charge in [0.25, 0.3) is 0 Å². The summed E-state index contributed by atoms with van der Waals surface area (Å²) in [5, 5.41) is 2.94. The van der Waals surface area contributed by atoms with Crippen LogP contribution in [0.1, 0.15) is 32.6 Å². The summed E-state index contributed by atoms with van der Waals surface area (Å²) in [4.78, 5) is 0. The smallest absolute Gasteiger partial charge is 0.138 e. The van der Waals surface area contributed by atoms with E-state index in [-0.39, 0.29) is 0 Å². The second-order valence-corrected chi connectivity index (χ2v) is 4.89. The molecule has 0 aromatic heterocycles. The minimum atomic E-state index is 0.726. The van der Waals surface area contributed by atoms with Crippen LogP contribution in [0.25, 0.3) is 10.8 Å². The van der Waals surface area contributed by atoms with E-state index in [2.05, 4.69) is 19.1 Å². The van der Waals surface area contributed by atoms with Gasteiger partial charge in [-0.25, -0.2) is 0 Å². The van der Waals surface area contributed by atoms with Crippen LogP contribution in [-0.4, -0.2) is 6.61 Å². The molecule has 0 atom stereocenters. The van der Waals surface area contributed by atoms with E-state index in [0.717, 1.165) is 34.6 Å². The molecule has 2 aromatic carbocycles. The molecule has 0 aliphatic heterocycles. The Morgan fingerprint density at radius 2 is 1.83 bits per heavy atom. The van der Waals surface area contributed by atoms with Crippen LogP contribution in [-0.2, 0) is 0 Å². The van der Waals surface area contributed by atoms with Gasteiger partial charge in [0.1, 0.15) is 5.75 Å². The van der Waals surface area contributed by atoms with Crippen LogP contribution in [0.4, 0.5) is 0 Å². The molecule has 0 N–H and O–H groups in total. The second-order valence-electron chi connectivity index (χ2n) is 4.51. The van der Waals surface area contributed by atoms with Crippen molar-refractivity contribution in [2.45, 2.75) is 32.6 Å². The van der Waals surface area contributed by atoms with E-state index in [4.69, 9.17) is 16.3 Å². The zero-order chi connectivity index (χ0) is 12.8. The highest BCUT2D eigenvalue weighted by atomic mass is 35.5. The van der Waals surface area contributed by atoms with Crippen molar-refractivity contribution >= 4 is 22.4 Å².